The van der Waals surface area contributed by atoms with Crippen molar-refractivity contribution in [1.29, 1.82) is 0 Å². The maximum atomic E-state index is 12.2. The Morgan fingerprint density at radius 3 is 2.30 bits per heavy atom. The number of nitrogens with one attached hydrogen (secondary N) is 1. The van der Waals surface area contributed by atoms with E-state index in [1.165, 1.54) is 0 Å². The quantitative estimate of drug-likeness (QED) is 0.517. The second-order valence-electron chi connectivity index (χ2n) is 8.09. The zero-order valence-corrected chi connectivity index (χ0v) is 18.0. The molecule has 33 heavy (non-hydrogen) atoms. The number of carbonyl (C=O) groups excluding carboxylic acids is 2. The van der Waals surface area contributed by atoms with Crippen molar-refractivity contribution in [3.05, 3.63) is 59.7 Å². The number of carboxylic acids is 1. The third-order valence-electron chi connectivity index (χ3n) is 5.97. The van der Waals surface area contributed by atoms with Gasteiger partial charge in [0.25, 0.3) is 0 Å². The van der Waals surface area contributed by atoms with Gasteiger partial charge in [0.2, 0.25) is 5.91 Å². The van der Waals surface area contributed by atoms with Crippen LogP contribution in [0.1, 0.15) is 23.5 Å². The van der Waals surface area contributed by atoms with E-state index in [1.54, 1.807) is 0 Å². The van der Waals surface area contributed by atoms with E-state index < -0.39 is 30.1 Å². The Morgan fingerprint density at radius 1 is 1.03 bits per heavy atom. The van der Waals surface area contributed by atoms with Crippen molar-refractivity contribution in [1.82, 2.24) is 10.2 Å². The van der Waals surface area contributed by atoms with E-state index >= 15 is 0 Å². The average Bonchev–Trinajstić information content (AvgIpc) is 3.36. The van der Waals surface area contributed by atoms with Crippen molar-refractivity contribution < 1.29 is 34.1 Å². The fourth-order valence-electron chi connectivity index (χ4n) is 4.44. The summed E-state index contributed by atoms with van der Waals surface area (Å²) in [6.45, 7) is 0.0338. The number of rotatable bonds is 8. The van der Waals surface area contributed by atoms with Gasteiger partial charge >= 0.3 is 12.1 Å². The summed E-state index contributed by atoms with van der Waals surface area (Å²) in [7, 11) is 0. The highest BCUT2D eigenvalue weighted by atomic mass is 16.5. The third-order valence-corrected chi connectivity index (χ3v) is 5.97. The molecule has 1 saturated heterocycles. The standard InChI is InChI=1S/C24H26N2O7/c27-15-11-21(23(29)30)26(12-15)22(28)14-32-10-9-25-24(31)33-13-20-18-7-3-1-5-16(18)17-6-2-4-8-19(17)20/h1-8,15,20-21,27H,9-14H2,(H,25,31)(H,29,30). The number of aliphatic carboxylic acids is 1. The number of ether oxygens (including phenoxy) is 2. The molecule has 0 aromatic heterocycles. The molecule has 1 heterocycles. The fourth-order valence-corrected chi connectivity index (χ4v) is 4.44. The van der Waals surface area contributed by atoms with Crippen LogP contribution in [0.2, 0.25) is 0 Å². The first kappa shape index (κ1) is 22.8. The van der Waals surface area contributed by atoms with Gasteiger partial charge in [-0.1, -0.05) is 48.5 Å². The predicted molar refractivity (Wildman–Crippen MR) is 118 cm³/mol. The van der Waals surface area contributed by atoms with E-state index in [1.807, 2.05) is 36.4 Å². The highest BCUT2D eigenvalue weighted by molar-refractivity contribution is 5.85. The van der Waals surface area contributed by atoms with E-state index in [2.05, 4.69) is 17.4 Å². The molecule has 4 rings (SSSR count). The number of alkyl carbamates (subject to hydrolysis) is 1. The van der Waals surface area contributed by atoms with Gasteiger partial charge in [0.15, 0.2) is 0 Å². The largest absolute Gasteiger partial charge is 0.480 e. The molecule has 1 aliphatic carbocycles. The minimum absolute atomic E-state index is 0.00438. The molecule has 0 radical (unpaired) electrons. The number of amides is 2. The normalized spacial score (nSPS) is 19.1. The van der Waals surface area contributed by atoms with Crippen molar-refractivity contribution in [2.24, 2.45) is 0 Å². The third kappa shape index (κ3) is 4.99. The van der Waals surface area contributed by atoms with Crippen LogP contribution in [0.5, 0.6) is 0 Å². The smallest absolute Gasteiger partial charge is 0.407 e. The number of nitrogens with zero attached hydrogens (tertiary/aromatic N) is 1. The van der Waals surface area contributed by atoms with Gasteiger partial charge in [-0.05, 0) is 22.3 Å². The second kappa shape index (κ2) is 10.0. The summed E-state index contributed by atoms with van der Waals surface area (Å²) in [6.07, 6.45) is -1.43. The summed E-state index contributed by atoms with van der Waals surface area (Å²) in [6, 6.07) is 15.1. The topological polar surface area (TPSA) is 125 Å². The van der Waals surface area contributed by atoms with E-state index in [0.29, 0.717) is 0 Å². The van der Waals surface area contributed by atoms with Crippen LogP contribution in [-0.4, -0.2) is 78.1 Å². The fraction of sp³-hybridized carbons (Fsp3) is 0.375. The van der Waals surface area contributed by atoms with Gasteiger partial charge in [-0.3, -0.25) is 4.79 Å². The molecule has 1 fully saturated rings. The lowest BCUT2D eigenvalue weighted by molar-refractivity contribution is -0.150. The first-order valence-electron chi connectivity index (χ1n) is 10.8. The number of hydrogen-bond donors (Lipinski definition) is 3. The molecule has 2 amide bonds. The lowest BCUT2D eigenvalue weighted by Crippen LogP contribution is -2.42. The minimum Gasteiger partial charge on any atom is -0.480 e. The van der Waals surface area contributed by atoms with Gasteiger partial charge in [-0.15, -0.1) is 0 Å². The van der Waals surface area contributed by atoms with Crippen molar-refractivity contribution in [3.8, 4) is 11.1 Å². The summed E-state index contributed by atoms with van der Waals surface area (Å²) in [5.74, 6) is -1.70. The van der Waals surface area contributed by atoms with Crippen LogP contribution in [0.25, 0.3) is 11.1 Å². The van der Waals surface area contributed by atoms with Gasteiger partial charge in [0.1, 0.15) is 19.3 Å². The Hall–Kier alpha value is -3.43. The van der Waals surface area contributed by atoms with Gasteiger partial charge < -0.3 is 29.9 Å². The molecule has 2 unspecified atom stereocenters. The molecule has 2 atom stereocenters. The van der Waals surface area contributed by atoms with Crippen molar-refractivity contribution in [3.63, 3.8) is 0 Å². The molecule has 3 N–H and O–H groups in total. The van der Waals surface area contributed by atoms with E-state index in [0.717, 1.165) is 27.2 Å². The number of aliphatic hydroxyl groups excluding tert-OH is 1. The minimum atomic E-state index is -1.16. The van der Waals surface area contributed by atoms with Crippen molar-refractivity contribution >= 4 is 18.0 Å². The summed E-state index contributed by atoms with van der Waals surface area (Å²) < 4.78 is 10.7. The zero-order chi connectivity index (χ0) is 23.4. The van der Waals surface area contributed by atoms with Crippen LogP contribution in [0.4, 0.5) is 4.79 Å². The molecule has 1 aliphatic heterocycles. The number of carboxylic acid groups (broad SMARTS) is 1. The van der Waals surface area contributed by atoms with Crippen LogP contribution in [0.3, 0.4) is 0 Å². The number of fused-ring (bicyclic) bond motifs is 3. The second-order valence-corrected chi connectivity index (χ2v) is 8.09. The molecular formula is C24H26N2O7. The Labute approximate surface area is 190 Å². The number of carbonyl (C=O) groups is 3. The molecule has 0 saturated carbocycles. The number of benzene rings is 2. The van der Waals surface area contributed by atoms with Gasteiger partial charge in [-0.2, -0.15) is 0 Å². The van der Waals surface area contributed by atoms with Crippen molar-refractivity contribution in [2.45, 2.75) is 24.5 Å². The van der Waals surface area contributed by atoms with Crippen molar-refractivity contribution in [2.75, 3.05) is 32.9 Å². The lowest BCUT2D eigenvalue weighted by atomic mass is 9.98. The van der Waals surface area contributed by atoms with E-state index in [9.17, 15) is 19.5 Å². The average molecular weight is 454 g/mol. The monoisotopic (exact) mass is 454 g/mol. The van der Waals surface area contributed by atoms with Crippen LogP contribution < -0.4 is 5.32 Å². The molecule has 0 bridgehead atoms. The van der Waals surface area contributed by atoms with Crippen LogP contribution in [0.15, 0.2) is 48.5 Å². The van der Waals surface area contributed by atoms with Gasteiger partial charge in [-0.25, -0.2) is 9.59 Å². The zero-order valence-electron chi connectivity index (χ0n) is 18.0. The summed E-state index contributed by atoms with van der Waals surface area (Å²) in [4.78, 5) is 36.6. The first-order chi connectivity index (χ1) is 16.0. The number of likely N-dealkylation sites (tertiary alicyclic amines) is 1. The molecule has 174 valence electrons. The Bertz CT molecular complexity index is 995. The SMILES string of the molecule is O=C(NCCOCC(=O)N1CC(O)CC1C(=O)O)OCC1c2ccccc2-c2ccccc21. The maximum absolute atomic E-state index is 12.2. The van der Waals surface area contributed by atoms with Crippen LogP contribution >= 0.6 is 0 Å². The highest BCUT2D eigenvalue weighted by Crippen LogP contribution is 2.44. The summed E-state index contributed by atoms with van der Waals surface area (Å²) in [5, 5.41) is 21.4. The molecule has 2 aliphatic rings. The predicted octanol–water partition coefficient (Wildman–Crippen LogP) is 1.59. The molecule has 9 nitrogen and oxygen atoms in total. The molecule has 0 spiro atoms. The first-order valence-corrected chi connectivity index (χ1v) is 10.8. The summed E-state index contributed by atoms with van der Waals surface area (Å²) in [5.41, 5.74) is 4.55. The maximum Gasteiger partial charge on any atom is 0.407 e. The molecule has 2 aromatic rings. The van der Waals surface area contributed by atoms with Gasteiger partial charge in [0.05, 0.1) is 12.7 Å². The number of hydrogen-bond acceptors (Lipinski definition) is 6. The number of aliphatic hydroxyl groups is 1. The Kier molecular flexibility index (Phi) is 6.90. The summed E-state index contributed by atoms with van der Waals surface area (Å²) >= 11 is 0. The van der Waals surface area contributed by atoms with Crippen LogP contribution in [-0.2, 0) is 19.1 Å². The number of β-amino-alcohol motifs (C(OH)–C–C–N with tert-alkyl or cyclic N) is 1. The van der Waals surface area contributed by atoms with Crippen LogP contribution in [0, 0.1) is 0 Å². The molecular weight excluding hydrogens is 428 g/mol. The Balaban J connectivity index is 1.19. The van der Waals surface area contributed by atoms with E-state index in [4.69, 9.17) is 14.6 Å². The van der Waals surface area contributed by atoms with E-state index in [-0.39, 0.29) is 45.2 Å². The highest BCUT2D eigenvalue weighted by Gasteiger charge is 2.38. The molecule has 9 heteroatoms. The molecule has 2 aromatic carbocycles. The Morgan fingerprint density at radius 2 is 1.67 bits per heavy atom. The lowest BCUT2D eigenvalue weighted by Gasteiger charge is -2.21. The van der Waals surface area contributed by atoms with Gasteiger partial charge in [0, 0.05) is 25.4 Å².